The second kappa shape index (κ2) is 3.32. The minimum Gasteiger partial charge on any atom is -0.300 e. The summed E-state index contributed by atoms with van der Waals surface area (Å²) in [4.78, 5) is 2.13. The van der Waals surface area contributed by atoms with Crippen LogP contribution in [-0.4, -0.2) is 37.7 Å². The van der Waals surface area contributed by atoms with Crippen LogP contribution in [0.25, 0.3) is 0 Å². The molecule has 1 aliphatic rings. The molecule has 0 aromatic carbocycles. The largest absolute Gasteiger partial charge is 0.300 e. The maximum absolute atomic E-state index is 11.0. The molecule has 2 N–H and O–H groups in total. The van der Waals surface area contributed by atoms with Gasteiger partial charge in [-0.25, -0.2) is 13.6 Å². The fraction of sp³-hybridized carbons (Fsp3) is 1.00. The number of likely N-dealkylation sites (tertiary alicyclic amines) is 1. The SMILES string of the molecule is CC(C)N1CCC(S(N)(=O)=O)C1. The summed E-state index contributed by atoms with van der Waals surface area (Å²) in [5, 5.41) is 4.70. The normalized spacial score (nSPS) is 26.8. The van der Waals surface area contributed by atoms with Crippen LogP contribution >= 0.6 is 0 Å². The van der Waals surface area contributed by atoms with Crippen LogP contribution in [0.15, 0.2) is 0 Å². The Hall–Kier alpha value is -0.130. The second-order valence-corrected chi connectivity index (χ2v) is 5.43. The zero-order valence-electron chi connectivity index (χ0n) is 7.53. The molecule has 1 heterocycles. The maximum atomic E-state index is 11.0. The van der Waals surface area contributed by atoms with E-state index in [-0.39, 0.29) is 5.25 Å². The van der Waals surface area contributed by atoms with Crippen LogP contribution in [-0.2, 0) is 10.0 Å². The molecule has 1 unspecified atom stereocenters. The molecule has 4 nitrogen and oxygen atoms in total. The monoisotopic (exact) mass is 192 g/mol. The van der Waals surface area contributed by atoms with Crippen LogP contribution in [0.4, 0.5) is 0 Å². The number of nitrogens with two attached hydrogens (primary N) is 1. The summed E-state index contributed by atoms with van der Waals surface area (Å²) in [6.07, 6.45) is 0.678. The van der Waals surface area contributed by atoms with Crippen LogP contribution in [0.1, 0.15) is 20.3 Å². The molecule has 1 rings (SSSR count). The Bertz CT molecular complexity index is 248. The first-order valence-corrected chi connectivity index (χ1v) is 5.78. The van der Waals surface area contributed by atoms with E-state index < -0.39 is 10.0 Å². The van der Waals surface area contributed by atoms with Crippen molar-refractivity contribution >= 4 is 10.0 Å². The lowest BCUT2D eigenvalue weighted by atomic mass is 10.3. The first-order valence-electron chi connectivity index (χ1n) is 4.17. The van der Waals surface area contributed by atoms with Crippen LogP contribution in [0.3, 0.4) is 0 Å². The molecule has 1 atom stereocenters. The number of sulfonamides is 1. The molecular weight excluding hydrogens is 176 g/mol. The third-order valence-corrected chi connectivity index (χ3v) is 3.69. The molecule has 0 aliphatic carbocycles. The van der Waals surface area contributed by atoms with Gasteiger partial charge in [-0.1, -0.05) is 0 Å². The maximum Gasteiger partial charge on any atom is 0.213 e. The smallest absolute Gasteiger partial charge is 0.213 e. The van der Waals surface area contributed by atoms with Crippen LogP contribution in [0.2, 0.25) is 0 Å². The third kappa shape index (κ3) is 2.18. The fourth-order valence-electron chi connectivity index (χ4n) is 1.49. The fourth-order valence-corrected chi connectivity index (χ4v) is 2.32. The second-order valence-electron chi connectivity index (χ2n) is 3.59. The molecule has 5 heteroatoms. The first kappa shape index (κ1) is 9.95. The molecule has 0 bridgehead atoms. The highest BCUT2D eigenvalue weighted by molar-refractivity contribution is 7.89. The summed E-state index contributed by atoms with van der Waals surface area (Å²) in [6, 6.07) is 0.414. The Balaban J connectivity index is 2.58. The van der Waals surface area contributed by atoms with Crippen molar-refractivity contribution in [3.8, 4) is 0 Å². The third-order valence-electron chi connectivity index (χ3n) is 2.37. The minimum absolute atomic E-state index is 0.347. The predicted molar refractivity (Wildman–Crippen MR) is 48.2 cm³/mol. The summed E-state index contributed by atoms with van der Waals surface area (Å²) >= 11 is 0. The van der Waals surface area contributed by atoms with Gasteiger partial charge in [0.25, 0.3) is 0 Å². The number of hydrogen-bond acceptors (Lipinski definition) is 3. The van der Waals surface area contributed by atoms with Gasteiger partial charge in [-0.15, -0.1) is 0 Å². The summed E-state index contributed by atoms with van der Waals surface area (Å²) in [6.45, 7) is 5.56. The summed E-state index contributed by atoms with van der Waals surface area (Å²) in [5.41, 5.74) is 0. The highest BCUT2D eigenvalue weighted by atomic mass is 32.2. The molecule has 12 heavy (non-hydrogen) atoms. The average molecular weight is 192 g/mol. The van der Waals surface area contributed by atoms with E-state index in [1.807, 2.05) is 0 Å². The van der Waals surface area contributed by atoms with Crippen molar-refractivity contribution in [1.29, 1.82) is 0 Å². The van der Waals surface area contributed by atoms with E-state index in [0.29, 0.717) is 19.0 Å². The van der Waals surface area contributed by atoms with Gasteiger partial charge in [-0.05, 0) is 26.8 Å². The molecule has 1 saturated heterocycles. The van der Waals surface area contributed by atoms with E-state index in [2.05, 4.69) is 18.7 Å². The van der Waals surface area contributed by atoms with Crippen molar-refractivity contribution in [2.45, 2.75) is 31.6 Å². The molecule has 1 aliphatic heterocycles. The van der Waals surface area contributed by atoms with Gasteiger partial charge in [0.05, 0.1) is 5.25 Å². The number of hydrogen-bond donors (Lipinski definition) is 1. The molecule has 0 spiro atoms. The van der Waals surface area contributed by atoms with Gasteiger partial charge in [0.1, 0.15) is 0 Å². The number of nitrogens with zero attached hydrogens (tertiary/aromatic N) is 1. The molecule has 72 valence electrons. The van der Waals surface area contributed by atoms with E-state index in [1.54, 1.807) is 0 Å². The topological polar surface area (TPSA) is 63.4 Å². The van der Waals surface area contributed by atoms with Crippen molar-refractivity contribution in [1.82, 2.24) is 4.90 Å². The highest BCUT2D eigenvalue weighted by Crippen LogP contribution is 2.16. The Labute approximate surface area is 73.8 Å². The first-order chi connectivity index (χ1) is 5.41. The average Bonchev–Trinajstić information content (AvgIpc) is 2.30. The quantitative estimate of drug-likeness (QED) is 0.656. The lowest BCUT2D eigenvalue weighted by molar-refractivity contribution is 0.276. The van der Waals surface area contributed by atoms with E-state index >= 15 is 0 Å². The van der Waals surface area contributed by atoms with Crippen LogP contribution in [0.5, 0.6) is 0 Å². The van der Waals surface area contributed by atoms with E-state index in [9.17, 15) is 8.42 Å². The summed E-state index contributed by atoms with van der Waals surface area (Å²) in [7, 11) is -3.31. The number of primary sulfonamides is 1. The zero-order chi connectivity index (χ0) is 9.35. The lowest BCUT2D eigenvalue weighted by Crippen LogP contribution is -2.34. The highest BCUT2D eigenvalue weighted by Gasteiger charge is 2.31. The molecular formula is C7H16N2O2S. The van der Waals surface area contributed by atoms with Crippen molar-refractivity contribution in [2.75, 3.05) is 13.1 Å². The molecule has 0 amide bonds. The standard InChI is InChI=1S/C7H16N2O2S/c1-6(2)9-4-3-7(5-9)12(8,10)11/h6-7H,3-5H2,1-2H3,(H2,8,10,11). The van der Waals surface area contributed by atoms with Crippen LogP contribution < -0.4 is 5.14 Å². The summed E-state index contributed by atoms with van der Waals surface area (Å²) in [5.74, 6) is 0. The Kier molecular flexibility index (Phi) is 2.75. The van der Waals surface area contributed by atoms with Crippen LogP contribution in [0, 0.1) is 0 Å². The van der Waals surface area contributed by atoms with Gasteiger partial charge in [-0.3, -0.25) is 4.90 Å². The van der Waals surface area contributed by atoms with Gasteiger partial charge in [-0.2, -0.15) is 0 Å². The van der Waals surface area contributed by atoms with Gasteiger partial charge in [0, 0.05) is 12.6 Å². The molecule has 0 aromatic rings. The van der Waals surface area contributed by atoms with Crippen molar-refractivity contribution < 1.29 is 8.42 Å². The molecule has 0 saturated carbocycles. The van der Waals surface area contributed by atoms with Gasteiger partial charge < -0.3 is 0 Å². The van der Waals surface area contributed by atoms with Gasteiger partial charge in [0.2, 0.25) is 10.0 Å². The molecule has 0 aromatic heterocycles. The van der Waals surface area contributed by atoms with Gasteiger partial charge in [0.15, 0.2) is 0 Å². The van der Waals surface area contributed by atoms with Crippen molar-refractivity contribution in [2.24, 2.45) is 5.14 Å². The molecule has 1 fully saturated rings. The lowest BCUT2D eigenvalue weighted by Gasteiger charge is -2.19. The Morgan fingerprint density at radius 1 is 1.50 bits per heavy atom. The van der Waals surface area contributed by atoms with Gasteiger partial charge >= 0.3 is 0 Å². The van der Waals surface area contributed by atoms with E-state index in [4.69, 9.17) is 5.14 Å². The Morgan fingerprint density at radius 2 is 2.08 bits per heavy atom. The predicted octanol–water partition coefficient (Wildman–Crippen LogP) is -0.242. The van der Waals surface area contributed by atoms with Crippen molar-refractivity contribution in [3.63, 3.8) is 0 Å². The van der Waals surface area contributed by atoms with E-state index in [1.165, 1.54) is 0 Å². The van der Waals surface area contributed by atoms with Crippen molar-refractivity contribution in [3.05, 3.63) is 0 Å². The molecule has 0 radical (unpaired) electrons. The minimum atomic E-state index is -3.31. The summed E-state index contributed by atoms with van der Waals surface area (Å²) < 4.78 is 21.9. The zero-order valence-corrected chi connectivity index (χ0v) is 8.34. The Morgan fingerprint density at radius 3 is 2.33 bits per heavy atom. The number of rotatable bonds is 2. The van der Waals surface area contributed by atoms with E-state index in [0.717, 1.165) is 6.54 Å².